The van der Waals surface area contributed by atoms with Gasteiger partial charge >= 0.3 is 13.8 Å². The smallest absolute Gasteiger partial charge is 0.457 e. The molecule has 352 valence electrons. The number of likely N-dealkylation sites (N-methyl/N-ethyl adjacent to an activating group) is 1. The summed E-state index contributed by atoms with van der Waals surface area (Å²) in [5.74, 6) is -0.334. The van der Waals surface area contributed by atoms with Gasteiger partial charge in [0.25, 0.3) is 0 Å². The summed E-state index contributed by atoms with van der Waals surface area (Å²) in [5, 5.41) is 0. The fourth-order valence-electron chi connectivity index (χ4n) is 6.20. The molecule has 1 N–H and O–H groups in total. The molecule has 0 radical (unpaired) electrons. The van der Waals surface area contributed by atoms with Gasteiger partial charge in [0.15, 0.2) is 0 Å². The molecule has 0 spiro atoms. The summed E-state index contributed by atoms with van der Waals surface area (Å²) < 4.78 is 35.1. The molecule has 9 heteroatoms. The van der Waals surface area contributed by atoms with Crippen LogP contribution < -0.4 is 0 Å². The maximum absolute atomic E-state index is 12.7. The van der Waals surface area contributed by atoms with E-state index in [1.165, 1.54) is 64.2 Å². The Labute approximate surface area is 375 Å². The van der Waals surface area contributed by atoms with E-state index in [0.717, 1.165) is 96.3 Å². The summed E-state index contributed by atoms with van der Waals surface area (Å²) in [6.45, 7) is 5.43. The number of phosphoric ester groups is 1. The molecule has 0 heterocycles. The first-order valence-corrected chi connectivity index (χ1v) is 25.8. The quantitative estimate of drug-likeness (QED) is 0.0214. The van der Waals surface area contributed by atoms with E-state index in [0.29, 0.717) is 24.1 Å². The van der Waals surface area contributed by atoms with Crippen molar-refractivity contribution in [2.24, 2.45) is 0 Å². The van der Waals surface area contributed by atoms with Gasteiger partial charge in [0.1, 0.15) is 19.3 Å². The van der Waals surface area contributed by atoms with Crippen molar-refractivity contribution >= 4 is 13.8 Å². The van der Waals surface area contributed by atoms with Gasteiger partial charge in [-0.15, -0.1) is 0 Å². The zero-order valence-corrected chi connectivity index (χ0v) is 40.8. The molecular weight excluding hydrogens is 782 g/mol. The van der Waals surface area contributed by atoms with Crippen LogP contribution in [0.5, 0.6) is 0 Å². The van der Waals surface area contributed by atoms with Gasteiger partial charge in [0, 0.05) is 13.0 Å². The van der Waals surface area contributed by atoms with E-state index in [1.807, 2.05) is 21.1 Å². The molecule has 0 amide bonds. The van der Waals surface area contributed by atoms with E-state index in [9.17, 15) is 14.3 Å². The van der Waals surface area contributed by atoms with Crippen LogP contribution in [0.2, 0.25) is 0 Å². The molecule has 0 aromatic carbocycles. The molecule has 2 atom stereocenters. The van der Waals surface area contributed by atoms with Gasteiger partial charge in [-0.05, 0) is 89.9 Å². The highest BCUT2D eigenvalue weighted by molar-refractivity contribution is 7.47. The number of quaternary nitrogens is 1. The Morgan fingerprint density at radius 3 is 1.43 bits per heavy atom. The minimum absolute atomic E-state index is 0.0795. The number of hydrogen-bond donors (Lipinski definition) is 1. The fraction of sp³-hybridized carbons (Fsp3) is 0.712. The number of esters is 1. The van der Waals surface area contributed by atoms with Crippen LogP contribution in [0.1, 0.15) is 181 Å². The molecule has 0 aliphatic rings. The Morgan fingerprint density at radius 2 is 0.951 bits per heavy atom. The average molecular weight is 875 g/mol. The normalized spacial score (nSPS) is 14.4. The van der Waals surface area contributed by atoms with Gasteiger partial charge in [0.2, 0.25) is 0 Å². The lowest BCUT2D eigenvalue weighted by atomic mass is 10.1. The van der Waals surface area contributed by atoms with Gasteiger partial charge in [-0.1, -0.05) is 170 Å². The van der Waals surface area contributed by atoms with Crippen molar-refractivity contribution in [1.82, 2.24) is 0 Å². The molecule has 0 bridgehead atoms. The second kappa shape index (κ2) is 44.3. The number of nitrogens with zero attached hydrogens (tertiary/aromatic N) is 1. The largest absolute Gasteiger partial charge is 0.472 e. The highest BCUT2D eigenvalue weighted by atomic mass is 31.2. The van der Waals surface area contributed by atoms with Crippen molar-refractivity contribution in [3.63, 3.8) is 0 Å². The highest BCUT2D eigenvalue weighted by Gasteiger charge is 2.26. The third-order valence-electron chi connectivity index (χ3n) is 9.94. The number of rotatable bonds is 44. The number of unbranched alkanes of at least 4 members (excludes halogenated alkanes) is 16. The van der Waals surface area contributed by atoms with Crippen molar-refractivity contribution in [2.75, 3.05) is 54.1 Å². The predicted molar refractivity (Wildman–Crippen MR) is 261 cm³/mol. The fourth-order valence-corrected chi connectivity index (χ4v) is 6.94. The van der Waals surface area contributed by atoms with Crippen LogP contribution in [0, 0.1) is 0 Å². The lowest BCUT2D eigenvalue weighted by Crippen LogP contribution is -2.37. The average Bonchev–Trinajstić information content (AvgIpc) is 3.22. The summed E-state index contributed by atoms with van der Waals surface area (Å²) in [7, 11) is 1.64. The second-order valence-corrected chi connectivity index (χ2v) is 18.6. The molecule has 0 saturated heterocycles. The Morgan fingerprint density at radius 1 is 0.525 bits per heavy atom. The minimum atomic E-state index is -4.29. The first-order chi connectivity index (χ1) is 29.6. The molecule has 0 saturated carbocycles. The molecule has 0 aromatic heterocycles. The number of allylic oxidation sites excluding steroid dienone is 14. The summed E-state index contributed by atoms with van der Waals surface area (Å²) >= 11 is 0. The Kier molecular flexibility index (Phi) is 42.6. The van der Waals surface area contributed by atoms with Crippen molar-refractivity contribution in [2.45, 2.75) is 187 Å². The zero-order chi connectivity index (χ0) is 44.8. The van der Waals surface area contributed by atoms with Crippen LogP contribution in [0.4, 0.5) is 0 Å². The second-order valence-electron chi connectivity index (χ2n) is 17.1. The number of ether oxygens (including phenoxy) is 2. The molecular formula is C52H93NO7P+. The summed E-state index contributed by atoms with van der Waals surface area (Å²) in [5.41, 5.74) is 0. The molecule has 2 unspecified atom stereocenters. The van der Waals surface area contributed by atoms with Crippen molar-refractivity contribution in [3.05, 3.63) is 85.1 Å². The summed E-state index contributed by atoms with van der Waals surface area (Å²) in [6.07, 6.45) is 59.1. The van der Waals surface area contributed by atoms with Crippen molar-refractivity contribution < 1.29 is 37.3 Å². The van der Waals surface area contributed by atoms with Crippen molar-refractivity contribution in [3.8, 4) is 0 Å². The third kappa shape index (κ3) is 48.6. The van der Waals surface area contributed by atoms with E-state index >= 15 is 0 Å². The van der Waals surface area contributed by atoms with E-state index in [2.05, 4.69) is 98.9 Å². The molecule has 8 nitrogen and oxygen atoms in total. The third-order valence-corrected chi connectivity index (χ3v) is 10.9. The lowest BCUT2D eigenvalue weighted by molar-refractivity contribution is -0.870. The van der Waals surface area contributed by atoms with Crippen LogP contribution in [-0.2, 0) is 27.9 Å². The molecule has 0 fully saturated rings. The lowest BCUT2D eigenvalue weighted by Gasteiger charge is -2.24. The molecule has 0 aromatic rings. The SMILES string of the molecule is CC/C=C\C/C=C\C/C=C\C/C=C\C/C=C\CCCCCCCCCCOCC(COP(=O)(O)OCC[N+](C)(C)C)OC(=O)CCCCCCC/C=C\C/C=C\CCCCC. The monoisotopic (exact) mass is 875 g/mol. The summed E-state index contributed by atoms with van der Waals surface area (Å²) in [6, 6.07) is 0. The van der Waals surface area contributed by atoms with Gasteiger partial charge < -0.3 is 18.9 Å². The van der Waals surface area contributed by atoms with E-state index in [1.54, 1.807) is 0 Å². The van der Waals surface area contributed by atoms with Gasteiger partial charge in [0.05, 0.1) is 34.4 Å². The number of carbonyl (C=O) groups excluding carboxylic acids is 1. The molecule has 0 aliphatic heterocycles. The van der Waals surface area contributed by atoms with Gasteiger partial charge in [-0.3, -0.25) is 13.8 Å². The predicted octanol–water partition coefficient (Wildman–Crippen LogP) is 14.8. The van der Waals surface area contributed by atoms with Gasteiger partial charge in [-0.2, -0.15) is 0 Å². The number of hydrogen-bond acceptors (Lipinski definition) is 6. The number of phosphoric acid groups is 1. The van der Waals surface area contributed by atoms with E-state index in [4.69, 9.17) is 18.5 Å². The standard InChI is InChI=1S/C52H92NO7P/c1-6-8-10-12-14-16-18-20-22-23-24-25-26-27-28-29-30-32-34-36-38-40-42-44-47-57-49-51(50-59-61(55,56)58-48-46-53(3,4)5)60-52(54)45-43-41-39-37-35-33-31-21-19-17-15-13-11-9-7-2/h8,10,14-17,20-22,24-25,27-28,31,51H,6-7,9,11-13,18-19,23,26,29-30,32-50H2,1-5H3/p+1/b10-8-,16-14-,17-15-,22-20-,25-24-,28-27-,31-21-. The molecule has 0 rings (SSSR count). The summed E-state index contributed by atoms with van der Waals surface area (Å²) in [4.78, 5) is 22.9. The van der Waals surface area contributed by atoms with Crippen LogP contribution in [-0.4, -0.2) is 75.6 Å². The van der Waals surface area contributed by atoms with Crippen LogP contribution in [0.3, 0.4) is 0 Å². The minimum Gasteiger partial charge on any atom is -0.457 e. The highest BCUT2D eigenvalue weighted by Crippen LogP contribution is 2.43. The Balaban J connectivity index is 4.20. The first-order valence-electron chi connectivity index (χ1n) is 24.3. The maximum atomic E-state index is 12.7. The maximum Gasteiger partial charge on any atom is 0.472 e. The van der Waals surface area contributed by atoms with E-state index in [-0.39, 0.29) is 25.8 Å². The molecule has 0 aliphatic carbocycles. The zero-order valence-electron chi connectivity index (χ0n) is 39.9. The number of carbonyl (C=O) groups is 1. The van der Waals surface area contributed by atoms with E-state index < -0.39 is 13.9 Å². The van der Waals surface area contributed by atoms with Crippen LogP contribution >= 0.6 is 7.82 Å². The van der Waals surface area contributed by atoms with Crippen molar-refractivity contribution in [1.29, 1.82) is 0 Å². The van der Waals surface area contributed by atoms with Gasteiger partial charge in [-0.25, -0.2) is 4.57 Å². The Bertz CT molecular complexity index is 1250. The van der Waals surface area contributed by atoms with Crippen LogP contribution in [0.25, 0.3) is 0 Å². The topological polar surface area (TPSA) is 91.3 Å². The van der Waals surface area contributed by atoms with Crippen LogP contribution in [0.15, 0.2) is 85.1 Å². The molecule has 61 heavy (non-hydrogen) atoms. The first kappa shape index (κ1) is 58.7. The Hall–Kier alpha value is -2.32.